The molecule has 0 spiro atoms. The van der Waals surface area contributed by atoms with Gasteiger partial charge in [0, 0.05) is 42.9 Å². The van der Waals surface area contributed by atoms with Crippen LogP contribution >= 0.6 is 0 Å². The van der Waals surface area contributed by atoms with E-state index in [0.717, 1.165) is 76.3 Å². The normalized spacial score (nSPS) is 24.4. The molecule has 5 rings (SSSR count). The summed E-state index contributed by atoms with van der Waals surface area (Å²) in [5.41, 5.74) is 7.87. The van der Waals surface area contributed by atoms with Gasteiger partial charge >= 0.3 is 0 Å². The molecule has 1 aliphatic heterocycles. The van der Waals surface area contributed by atoms with Crippen molar-refractivity contribution in [3.8, 4) is 0 Å². The van der Waals surface area contributed by atoms with Crippen LogP contribution < -0.4 is 16.6 Å². The highest BCUT2D eigenvalue weighted by molar-refractivity contribution is 5.89. The van der Waals surface area contributed by atoms with Gasteiger partial charge in [-0.3, -0.25) is 14.2 Å². The molecule has 0 radical (unpaired) electrons. The number of fused-ring (bicyclic) bond motifs is 1. The third-order valence-electron chi connectivity index (χ3n) is 7.50. The summed E-state index contributed by atoms with van der Waals surface area (Å²) in [6.45, 7) is 3.63. The van der Waals surface area contributed by atoms with Gasteiger partial charge in [-0.05, 0) is 64.7 Å². The van der Waals surface area contributed by atoms with E-state index >= 15 is 0 Å². The topological polar surface area (TPSA) is 106 Å². The van der Waals surface area contributed by atoms with E-state index < -0.39 is 0 Å². The highest BCUT2D eigenvalue weighted by atomic mass is 16.2. The zero-order chi connectivity index (χ0) is 21.5. The number of rotatable bonds is 4. The zero-order valence-corrected chi connectivity index (χ0v) is 18.3. The van der Waals surface area contributed by atoms with Crippen molar-refractivity contribution < 1.29 is 4.79 Å². The zero-order valence-electron chi connectivity index (χ0n) is 18.3. The molecule has 3 fully saturated rings. The molecule has 0 atom stereocenters. The Morgan fingerprint density at radius 2 is 1.81 bits per heavy atom. The van der Waals surface area contributed by atoms with E-state index in [1.54, 1.807) is 13.1 Å². The maximum absolute atomic E-state index is 12.9. The molecule has 1 amide bonds. The lowest BCUT2D eigenvalue weighted by Gasteiger charge is -2.31. The van der Waals surface area contributed by atoms with Crippen molar-refractivity contribution in [2.75, 3.05) is 24.1 Å². The standard InChI is InChI=1S/C23H32N6O2/c1-14-19(24)18-13-25-23(27-20(18)29(21(14)30)17-5-4-6-17)26-16-9-7-15(8-10-16)22(31)28-11-2-3-12-28/h13,15-17H,2-12,24H2,1H3,(H,25,26,27)/t15-,16-. The molecule has 166 valence electrons. The van der Waals surface area contributed by atoms with E-state index in [0.29, 0.717) is 28.8 Å². The molecule has 2 aromatic rings. The number of anilines is 2. The maximum atomic E-state index is 12.9. The van der Waals surface area contributed by atoms with Gasteiger partial charge in [0.15, 0.2) is 5.65 Å². The number of nitrogens with zero attached hydrogens (tertiary/aromatic N) is 4. The smallest absolute Gasteiger partial charge is 0.257 e. The molecule has 3 heterocycles. The van der Waals surface area contributed by atoms with Crippen molar-refractivity contribution in [2.45, 2.75) is 76.8 Å². The van der Waals surface area contributed by atoms with Gasteiger partial charge in [-0.1, -0.05) is 0 Å². The van der Waals surface area contributed by atoms with Crippen LogP contribution in [-0.2, 0) is 4.79 Å². The first kappa shape index (κ1) is 20.3. The summed E-state index contributed by atoms with van der Waals surface area (Å²) in [6.07, 6.45) is 10.8. The Balaban J connectivity index is 1.33. The number of pyridine rings is 1. The number of nitrogens with two attached hydrogens (primary N) is 1. The molecule has 2 aromatic heterocycles. The summed E-state index contributed by atoms with van der Waals surface area (Å²) >= 11 is 0. The highest BCUT2D eigenvalue weighted by Gasteiger charge is 2.31. The molecule has 31 heavy (non-hydrogen) atoms. The maximum Gasteiger partial charge on any atom is 0.257 e. The van der Waals surface area contributed by atoms with Crippen molar-refractivity contribution in [1.29, 1.82) is 0 Å². The first-order chi connectivity index (χ1) is 15.0. The molecule has 8 heteroatoms. The van der Waals surface area contributed by atoms with Crippen LogP contribution in [0.3, 0.4) is 0 Å². The number of nitrogen functional groups attached to an aromatic ring is 1. The number of carbonyl (C=O) groups excluding carboxylic acids is 1. The molecule has 2 saturated carbocycles. The second-order valence-electron chi connectivity index (χ2n) is 9.45. The Morgan fingerprint density at radius 3 is 2.45 bits per heavy atom. The molecule has 3 aliphatic rings. The lowest BCUT2D eigenvalue weighted by atomic mass is 9.85. The molecule has 8 nitrogen and oxygen atoms in total. The molecule has 3 N–H and O–H groups in total. The fraction of sp³-hybridized carbons (Fsp3) is 0.652. The monoisotopic (exact) mass is 424 g/mol. The van der Waals surface area contributed by atoms with Gasteiger partial charge in [-0.25, -0.2) is 4.98 Å². The minimum absolute atomic E-state index is 0.0414. The van der Waals surface area contributed by atoms with Gasteiger partial charge in [0.05, 0.1) is 11.1 Å². The van der Waals surface area contributed by atoms with E-state index in [1.165, 1.54) is 0 Å². The number of hydrogen-bond acceptors (Lipinski definition) is 6. The summed E-state index contributed by atoms with van der Waals surface area (Å²) in [5, 5.41) is 4.20. The summed E-state index contributed by atoms with van der Waals surface area (Å²) in [7, 11) is 0. The number of nitrogens with one attached hydrogen (secondary N) is 1. The van der Waals surface area contributed by atoms with Crippen molar-refractivity contribution in [1.82, 2.24) is 19.4 Å². The molecule has 1 saturated heterocycles. The summed E-state index contributed by atoms with van der Waals surface area (Å²) in [4.78, 5) is 36.9. The summed E-state index contributed by atoms with van der Waals surface area (Å²) in [5.74, 6) is 1.03. The Bertz CT molecular complexity index is 1050. The first-order valence-corrected chi connectivity index (χ1v) is 11.8. The third-order valence-corrected chi connectivity index (χ3v) is 7.50. The second kappa shape index (κ2) is 8.13. The molecule has 0 bridgehead atoms. The number of hydrogen-bond donors (Lipinski definition) is 2. The fourth-order valence-electron chi connectivity index (χ4n) is 5.26. The Hall–Kier alpha value is -2.64. The number of carbonyl (C=O) groups is 1. The predicted octanol–water partition coefficient (Wildman–Crippen LogP) is 3.00. The molecular weight excluding hydrogens is 392 g/mol. The Labute approximate surface area is 182 Å². The van der Waals surface area contributed by atoms with E-state index in [2.05, 4.69) is 10.3 Å². The lowest BCUT2D eigenvalue weighted by Crippen LogP contribution is -2.38. The quantitative estimate of drug-likeness (QED) is 0.781. The fourth-order valence-corrected chi connectivity index (χ4v) is 5.26. The van der Waals surface area contributed by atoms with Crippen LogP contribution in [0.4, 0.5) is 11.6 Å². The second-order valence-corrected chi connectivity index (χ2v) is 9.45. The molecule has 0 aromatic carbocycles. The Kier molecular flexibility index (Phi) is 5.32. The van der Waals surface area contributed by atoms with E-state index in [1.807, 2.05) is 9.47 Å². The van der Waals surface area contributed by atoms with Crippen molar-refractivity contribution in [3.63, 3.8) is 0 Å². The lowest BCUT2D eigenvalue weighted by molar-refractivity contribution is -0.135. The first-order valence-electron chi connectivity index (χ1n) is 11.8. The number of likely N-dealkylation sites (tertiary alicyclic amines) is 1. The van der Waals surface area contributed by atoms with Crippen LogP contribution in [0.1, 0.15) is 69.4 Å². The van der Waals surface area contributed by atoms with Crippen LogP contribution in [0.5, 0.6) is 0 Å². The highest BCUT2D eigenvalue weighted by Crippen LogP contribution is 2.34. The van der Waals surface area contributed by atoms with Gasteiger partial charge in [0.1, 0.15) is 0 Å². The van der Waals surface area contributed by atoms with E-state index in [4.69, 9.17) is 10.7 Å². The molecule has 0 unspecified atom stereocenters. The molecular formula is C23H32N6O2. The summed E-state index contributed by atoms with van der Waals surface area (Å²) in [6, 6.07) is 0.441. The third kappa shape index (κ3) is 3.66. The van der Waals surface area contributed by atoms with Crippen LogP contribution in [0.25, 0.3) is 11.0 Å². The van der Waals surface area contributed by atoms with Crippen LogP contribution in [0.2, 0.25) is 0 Å². The SMILES string of the molecule is Cc1c(N)c2cnc(N[C@H]3CC[C@H](C(=O)N4CCCC4)CC3)nc2n(C2CCC2)c1=O. The largest absolute Gasteiger partial charge is 0.398 e. The van der Waals surface area contributed by atoms with Crippen molar-refractivity contribution in [3.05, 3.63) is 22.1 Å². The van der Waals surface area contributed by atoms with Gasteiger partial charge < -0.3 is 16.0 Å². The number of amides is 1. The van der Waals surface area contributed by atoms with Crippen LogP contribution in [0, 0.1) is 12.8 Å². The minimum Gasteiger partial charge on any atom is -0.398 e. The average Bonchev–Trinajstić information content (AvgIpc) is 3.29. The van der Waals surface area contributed by atoms with Gasteiger partial charge in [-0.15, -0.1) is 0 Å². The van der Waals surface area contributed by atoms with Crippen LogP contribution in [0.15, 0.2) is 11.0 Å². The Morgan fingerprint density at radius 1 is 1.10 bits per heavy atom. The average molecular weight is 425 g/mol. The predicted molar refractivity (Wildman–Crippen MR) is 121 cm³/mol. The van der Waals surface area contributed by atoms with E-state index in [-0.39, 0.29) is 23.6 Å². The minimum atomic E-state index is -0.0414. The van der Waals surface area contributed by atoms with E-state index in [9.17, 15) is 9.59 Å². The van der Waals surface area contributed by atoms with Crippen molar-refractivity contribution in [2.24, 2.45) is 5.92 Å². The van der Waals surface area contributed by atoms with Gasteiger partial charge in [0.2, 0.25) is 11.9 Å². The molecule has 2 aliphatic carbocycles. The summed E-state index contributed by atoms with van der Waals surface area (Å²) < 4.78 is 1.82. The van der Waals surface area contributed by atoms with Gasteiger partial charge in [0.25, 0.3) is 5.56 Å². The number of aromatic nitrogens is 3. The van der Waals surface area contributed by atoms with Gasteiger partial charge in [-0.2, -0.15) is 4.98 Å². The van der Waals surface area contributed by atoms with Crippen LogP contribution in [-0.4, -0.2) is 44.5 Å². The van der Waals surface area contributed by atoms with Crippen molar-refractivity contribution >= 4 is 28.6 Å².